The zero-order valence-electron chi connectivity index (χ0n) is 8.39. The summed E-state index contributed by atoms with van der Waals surface area (Å²) in [4.78, 5) is 0. The molecule has 0 bridgehead atoms. The SMILES string of the molecule is NC(c1ccsc1)C1Cc2ccccc21. The second-order valence-electron chi connectivity index (χ2n) is 4.09. The summed E-state index contributed by atoms with van der Waals surface area (Å²) in [5, 5.41) is 4.26. The van der Waals surface area contributed by atoms with Gasteiger partial charge in [0.25, 0.3) is 0 Å². The lowest BCUT2D eigenvalue weighted by Gasteiger charge is -2.34. The Kier molecular flexibility index (Phi) is 2.11. The Labute approximate surface area is 93.6 Å². The topological polar surface area (TPSA) is 26.0 Å². The van der Waals surface area contributed by atoms with E-state index in [0.717, 1.165) is 6.42 Å². The summed E-state index contributed by atoms with van der Waals surface area (Å²) in [5.74, 6) is 0.524. The summed E-state index contributed by atoms with van der Waals surface area (Å²) in [7, 11) is 0. The van der Waals surface area contributed by atoms with E-state index in [2.05, 4.69) is 41.1 Å². The van der Waals surface area contributed by atoms with Crippen molar-refractivity contribution in [3.05, 3.63) is 57.8 Å². The van der Waals surface area contributed by atoms with E-state index in [1.165, 1.54) is 16.7 Å². The van der Waals surface area contributed by atoms with E-state index in [1.54, 1.807) is 11.3 Å². The zero-order chi connectivity index (χ0) is 10.3. The fourth-order valence-electron chi connectivity index (χ4n) is 2.31. The van der Waals surface area contributed by atoms with Gasteiger partial charge in [-0.15, -0.1) is 0 Å². The lowest BCUT2D eigenvalue weighted by atomic mass is 9.72. The van der Waals surface area contributed by atoms with Crippen molar-refractivity contribution < 1.29 is 0 Å². The van der Waals surface area contributed by atoms with E-state index in [4.69, 9.17) is 5.73 Å². The number of thiophene rings is 1. The van der Waals surface area contributed by atoms with Crippen LogP contribution in [0.2, 0.25) is 0 Å². The molecule has 1 nitrogen and oxygen atoms in total. The van der Waals surface area contributed by atoms with Crippen molar-refractivity contribution >= 4 is 11.3 Å². The largest absolute Gasteiger partial charge is 0.323 e. The van der Waals surface area contributed by atoms with Crippen molar-refractivity contribution in [2.75, 3.05) is 0 Å². The monoisotopic (exact) mass is 215 g/mol. The van der Waals surface area contributed by atoms with Crippen molar-refractivity contribution in [1.29, 1.82) is 0 Å². The van der Waals surface area contributed by atoms with Gasteiger partial charge >= 0.3 is 0 Å². The lowest BCUT2D eigenvalue weighted by Crippen LogP contribution is -2.28. The number of fused-ring (bicyclic) bond motifs is 1. The van der Waals surface area contributed by atoms with Gasteiger partial charge in [0.2, 0.25) is 0 Å². The fourth-order valence-corrected chi connectivity index (χ4v) is 3.02. The van der Waals surface area contributed by atoms with Gasteiger partial charge in [-0.1, -0.05) is 24.3 Å². The maximum absolute atomic E-state index is 6.27. The number of benzene rings is 1. The summed E-state index contributed by atoms with van der Waals surface area (Å²) in [5.41, 5.74) is 10.5. The molecule has 2 unspecified atom stereocenters. The van der Waals surface area contributed by atoms with Gasteiger partial charge in [0.15, 0.2) is 0 Å². The molecule has 0 saturated carbocycles. The predicted octanol–water partition coefficient (Wildman–Crippen LogP) is 3.09. The molecule has 2 atom stereocenters. The van der Waals surface area contributed by atoms with Gasteiger partial charge in [0, 0.05) is 12.0 Å². The summed E-state index contributed by atoms with van der Waals surface area (Å²) in [6.45, 7) is 0. The van der Waals surface area contributed by atoms with E-state index in [9.17, 15) is 0 Å². The van der Waals surface area contributed by atoms with Crippen LogP contribution in [0.3, 0.4) is 0 Å². The maximum atomic E-state index is 6.27. The molecule has 1 aliphatic rings. The number of rotatable bonds is 2. The third-order valence-electron chi connectivity index (χ3n) is 3.26. The normalized spacial score (nSPS) is 20.5. The van der Waals surface area contributed by atoms with Crippen LogP contribution in [0.1, 0.15) is 28.7 Å². The minimum Gasteiger partial charge on any atom is -0.323 e. The molecule has 1 aliphatic carbocycles. The highest BCUT2D eigenvalue weighted by Crippen LogP contribution is 2.42. The van der Waals surface area contributed by atoms with Crippen LogP contribution >= 0.6 is 11.3 Å². The lowest BCUT2D eigenvalue weighted by molar-refractivity contribution is 0.501. The first kappa shape index (κ1) is 9.13. The summed E-state index contributed by atoms with van der Waals surface area (Å²) in [6.07, 6.45) is 1.13. The summed E-state index contributed by atoms with van der Waals surface area (Å²) < 4.78 is 0. The van der Waals surface area contributed by atoms with Crippen molar-refractivity contribution in [3.63, 3.8) is 0 Å². The molecule has 0 fully saturated rings. The van der Waals surface area contributed by atoms with Gasteiger partial charge < -0.3 is 5.73 Å². The van der Waals surface area contributed by atoms with E-state index < -0.39 is 0 Å². The average Bonchev–Trinajstić information content (AvgIpc) is 2.72. The average molecular weight is 215 g/mol. The molecule has 1 aromatic carbocycles. The van der Waals surface area contributed by atoms with Gasteiger partial charge in [0.05, 0.1) is 0 Å². The maximum Gasteiger partial charge on any atom is 0.0376 e. The second kappa shape index (κ2) is 3.47. The first-order valence-corrected chi connectivity index (χ1v) is 6.16. The van der Waals surface area contributed by atoms with Crippen molar-refractivity contribution in [2.24, 2.45) is 5.73 Å². The Morgan fingerprint density at radius 3 is 2.87 bits per heavy atom. The highest BCUT2D eigenvalue weighted by molar-refractivity contribution is 7.07. The van der Waals surface area contributed by atoms with Crippen LogP contribution in [0.25, 0.3) is 0 Å². The Balaban J connectivity index is 1.88. The van der Waals surface area contributed by atoms with E-state index in [0.29, 0.717) is 5.92 Å². The quantitative estimate of drug-likeness (QED) is 0.818. The summed E-state index contributed by atoms with van der Waals surface area (Å²) >= 11 is 1.72. The zero-order valence-corrected chi connectivity index (χ0v) is 9.21. The van der Waals surface area contributed by atoms with Gasteiger partial charge in [0.1, 0.15) is 0 Å². The molecule has 0 amide bonds. The molecule has 2 aromatic rings. The molecule has 3 rings (SSSR count). The highest BCUT2D eigenvalue weighted by Gasteiger charge is 2.31. The third-order valence-corrected chi connectivity index (χ3v) is 3.96. The van der Waals surface area contributed by atoms with Crippen LogP contribution < -0.4 is 5.73 Å². The molecule has 15 heavy (non-hydrogen) atoms. The first-order chi connectivity index (χ1) is 7.36. The molecule has 0 radical (unpaired) electrons. The van der Waals surface area contributed by atoms with Crippen LogP contribution in [0.4, 0.5) is 0 Å². The van der Waals surface area contributed by atoms with Crippen LogP contribution in [0.15, 0.2) is 41.1 Å². The number of hydrogen-bond acceptors (Lipinski definition) is 2. The predicted molar refractivity (Wildman–Crippen MR) is 64.1 cm³/mol. The van der Waals surface area contributed by atoms with Gasteiger partial charge in [-0.25, -0.2) is 0 Å². The Hall–Kier alpha value is -1.12. The molecule has 0 aliphatic heterocycles. The van der Waals surface area contributed by atoms with E-state index in [-0.39, 0.29) is 6.04 Å². The first-order valence-electron chi connectivity index (χ1n) is 5.22. The molecular weight excluding hydrogens is 202 g/mol. The Bertz CT molecular complexity index is 461. The van der Waals surface area contributed by atoms with Crippen LogP contribution in [-0.4, -0.2) is 0 Å². The standard InChI is InChI=1S/C13H13NS/c14-13(10-5-6-15-8-10)12-7-9-3-1-2-4-11(9)12/h1-6,8,12-13H,7,14H2. The second-order valence-corrected chi connectivity index (χ2v) is 4.87. The minimum absolute atomic E-state index is 0.172. The molecule has 1 aromatic heterocycles. The van der Waals surface area contributed by atoms with Crippen LogP contribution in [0, 0.1) is 0 Å². The molecule has 2 heteroatoms. The molecule has 2 N–H and O–H groups in total. The van der Waals surface area contributed by atoms with Crippen LogP contribution in [0.5, 0.6) is 0 Å². The van der Waals surface area contributed by atoms with E-state index >= 15 is 0 Å². The van der Waals surface area contributed by atoms with Crippen molar-refractivity contribution in [2.45, 2.75) is 18.4 Å². The Morgan fingerprint density at radius 2 is 2.13 bits per heavy atom. The van der Waals surface area contributed by atoms with Gasteiger partial charge in [-0.05, 0) is 39.9 Å². The summed E-state index contributed by atoms with van der Waals surface area (Å²) in [6, 6.07) is 10.9. The van der Waals surface area contributed by atoms with Crippen molar-refractivity contribution in [1.82, 2.24) is 0 Å². The number of hydrogen-bond donors (Lipinski definition) is 1. The van der Waals surface area contributed by atoms with Crippen molar-refractivity contribution in [3.8, 4) is 0 Å². The minimum atomic E-state index is 0.172. The molecular formula is C13H13NS. The number of nitrogens with two attached hydrogens (primary N) is 1. The smallest absolute Gasteiger partial charge is 0.0376 e. The fraction of sp³-hybridized carbons (Fsp3) is 0.231. The highest BCUT2D eigenvalue weighted by atomic mass is 32.1. The molecule has 0 spiro atoms. The molecule has 76 valence electrons. The van der Waals surface area contributed by atoms with Crippen LogP contribution in [-0.2, 0) is 6.42 Å². The molecule has 1 heterocycles. The Morgan fingerprint density at radius 1 is 1.27 bits per heavy atom. The van der Waals surface area contributed by atoms with E-state index in [1.807, 2.05) is 0 Å². The third kappa shape index (κ3) is 1.41. The molecule has 0 saturated heterocycles. The van der Waals surface area contributed by atoms with Gasteiger partial charge in [-0.2, -0.15) is 11.3 Å². The van der Waals surface area contributed by atoms with Gasteiger partial charge in [-0.3, -0.25) is 0 Å².